The number of benzene rings is 1. The minimum Gasteiger partial charge on any atom is -0.467 e. The standard InChI is InChI=1S/C19H13NO3S3/c21-18-16(26-19(24)20(18)12-14-5-4-10-22-14)11-13-8-9-17(23-13)25-15-6-2-1-3-7-15/h1-11H,12H2/b16-11-. The Morgan fingerprint density at radius 2 is 1.96 bits per heavy atom. The van der Waals surface area contributed by atoms with Gasteiger partial charge in [-0.25, -0.2) is 0 Å². The van der Waals surface area contributed by atoms with Crippen molar-refractivity contribution in [3.05, 3.63) is 77.3 Å². The molecule has 0 spiro atoms. The number of nitrogens with zero attached hydrogens (tertiary/aromatic N) is 1. The van der Waals surface area contributed by atoms with Gasteiger partial charge in [0.1, 0.15) is 15.8 Å². The SMILES string of the molecule is O=C1/C(=C/c2ccc(Sc3ccccc3)o2)SC(=S)N1Cc1ccco1. The van der Waals surface area contributed by atoms with Crippen molar-refractivity contribution in [2.75, 3.05) is 0 Å². The van der Waals surface area contributed by atoms with E-state index in [4.69, 9.17) is 21.1 Å². The number of hydrogen-bond donors (Lipinski definition) is 0. The van der Waals surface area contributed by atoms with Gasteiger partial charge in [0.15, 0.2) is 5.09 Å². The average molecular weight is 400 g/mol. The molecule has 4 nitrogen and oxygen atoms in total. The fourth-order valence-electron chi connectivity index (χ4n) is 2.40. The monoisotopic (exact) mass is 399 g/mol. The number of furan rings is 2. The summed E-state index contributed by atoms with van der Waals surface area (Å²) >= 11 is 8.13. The van der Waals surface area contributed by atoms with Crippen LogP contribution in [-0.2, 0) is 11.3 Å². The zero-order chi connectivity index (χ0) is 17.9. The van der Waals surface area contributed by atoms with E-state index in [1.807, 2.05) is 48.5 Å². The fourth-order valence-corrected chi connectivity index (χ4v) is 4.43. The van der Waals surface area contributed by atoms with E-state index in [0.29, 0.717) is 27.3 Å². The Balaban J connectivity index is 1.48. The first-order chi connectivity index (χ1) is 12.7. The maximum absolute atomic E-state index is 12.6. The van der Waals surface area contributed by atoms with Gasteiger partial charge in [0, 0.05) is 11.0 Å². The molecule has 1 aromatic carbocycles. The molecule has 1 aliphatic rings. The predicted octanol–water partition coefficient (Wildman–Crippen LogP) is 5.43. The van der Waals surface area contributed by atoms with E-state index >= 15 is 0 Å². The predicted molar refractivity (Wildman–Crippen MR) is 107 cm³/mol. The second kappa shape index (κ2) is 7.57. The van der Waals surface area contributed by atoms with Crippen LogP contribution in [0.1, 0.15) is 11.5 Å². The number of carbonyl (C=O) groups excluding carboxylic acids is 1. The molecule has 0 radical (unpaired) electrons. The fraction of sp³-hybridized carbons (Fsp3) is 0.0526. The summed E-state index contributed by atoms with van der Waals surface area (Å²) in [5, 5.41) is 0.772. The van der Waals surface area contributed by atoms with Crippen LogP contribution in [0, 0.1) is 0 Å². The van der Waals surface area contributed by atoms with Crippen LogP contribution in [-0.4, -0.2) is 15.1 Å². The Morgan fingerprint density at radius 3 is 2.73 bits per heavy atom. The Hall–Kier alpha value is -2.22. The molecule has 26 heavy (non-hydrogen) atoms. The molecule has 0 unspecified atom stereocenters. The minimum atomic E-state index is -0.134. The summed E-state index contributed by atoms with van der Waals surface area (Å²) < 4.78 is 11.6. The van der Waals surface area contributed by atoms with Crippen LogP contribution in [0.2, 0.25) is 0 Å². The van der Waals surface area contributed by atoms with Crippen molar-refractivity contribution < 1.29 is 13.6 Å². The molecule has 3 heterocycles. The van der Waals surface area contributed by atoms with Gasteiger partial charge >= 0.3 is 0 Å². The van der Waals surface area contributed by atoms with Crippen molar-refractivity contribution in [3.8, 4) is 0 Å². The highest BCUT2D eigenvalue weighted by atomic mass is 32.2. The highest BCUT2D eigenvalue weighted by Gasteiger charge is 2.32. The molecule has 0 N–H and O–H groups in total. The molecular weight excluding hydrogens is 386 g/mol. The zero-order valence-electron chi connectivity index (χ0n) is 13.5. The van der Waals surface area contributed by atoms with E-state index < -0.39 is 0 Å². The van der Waals surface area contributed by atoms with Gasteiger partial charge in [-0.2, -0.15) is 0 Å². The van der Waals surface area contributed by atoms with Crippen LogP contribution in [0.5, 0.6) is 0 Å². The van der Waals surface area contributed by atoms with E-state index in [1.54, 1.807) is 18.4 Å². The van der Waals surface area contributed by atoms with Gasteiger partial charge in [0.05, 0.1) is 17.7 Å². The van der Waals surface area contributed by atoms with Gasteiger partial charge in [-0.1, -0.05) is 53.9 Å². The minimum absolute atomic E-state index is 0.134. The lowest BCUT2D eigenvalue weighted by Gasteiger charge is -2.11. The topological polar surface area (TPSA) is 46.6 Å². The summed E-state index contributed by atoms with van der Waals surface area (Å²) in [6.07, 6.45) is 3.31. The molecule has 3 aromatic rings. The number of thiocarbonyl (C=S) groups is 1. The van der Waals surface area contributed by atoms with Gasteiger partial charge < -0.3 is 8.83 Å². The molecule has 1 amide bonds. The third-order valence-electron chi connectivity index (χ3n) is 3.60. The highest BCUT2D eigenvalue weighted by molar-refractivity contribution is 8.26. The molecule has 2 aromatic heterocycles. The summed E-state index contributed by atoms with van der Waals surface area (Å²) in [6.45, 7) is 0.336. The zero-order valence-corrected chi connectivity index (χ0v) is 15.9. The summed E-state index contributed by atoms with van der Waals surface area (Å²) in [6, 6.07) is 17.3. The van der Waals surface area contributed by atoms with Gasteiger partial charge in [-0.15, -0.1) is 0 Å². The average Bonchev–Trinajstić information content (AvgIpc) is 3.36. The van der Waals surface area contributed by atoms with Crippen LogP contribution in [0.4, 0.5) is 0 Å². The number of rotatable bonds is 5. The van der Waals surface area contributed by atoms with Gasteiger partial charge in [-0.05, 0) is 36.4 Å². The Kier molecular flexibility index (Phi) is 5.01. The lowest BCUT2D eigenvalue weighted by molar-refractivity contribution is -0.122. The summed E-state index contributed by atoms with van der Waals surface area (Å²) in [4.78, 5) is 15.8. The molecule has 0 atom stereocenters. The van der Waals surface area contributed by atoms with Gasteiger partial charge in [0.25, 0.3) is 5.91 Å². The molecule has 1 saturated heterocycles. The van der Waals surface area contributed by atoms with E-state index in [-0.39, 0.29) is 5.91 Å². The van der Waals surface area contributed by atoms with E-state index in [0.717, 1.165) is 9.99 Å². The molecule has 7 heteroatoms. The molecule has 0 aliphatic carbocycles. The van der Waals surface area contributed by atoms with E-state index in [2.05, 4.69) is 0 Å². The first-order valence-corrected chi connectivity index (χ1v) is 9.84. The van der Waals surface area contributed by atoms with Crippen LogP contribution < -0.4 is 0 Å². The highest BCUT2D eigenvalue weighted by Crippen LogP contribution is 2.35. The number of amides is 1. The summed E-state index contributed by atoms with van der Waals surface area (Å²) in [5.74, 6) is 1.19. The summed E-state index contributed by atoms with van der Waals surface area (Å²) in [7, 11) is 0. The maximum atomic E-state index is 12.6. The molecule has 1 fully saturated rings. The van der Waals surface area contributed by atoms with Crippen molar-refractivity contribution in [1.29, 1.82) is 0 Å². The Labute approximate surface area is 164 Å². The van der Waals surface area contributed by atoms with Crippen LogP contribution in [0.3, 0.4) is 0 Å². The maximum Gasteiger partial charge on any atom is 0.266 e. The summed E-state index contributed by atoms with van der Waals surface area (Å²) in [5.41, 5.74) is 0. The number of carbonyl (C=O) groups is 1. The second-order valence-electron chi connectivity index (χ2n) is 5.42. The van der Waals surface area contributed by atoms with Gasteiger partial charge in [-0.3, -0.25) is 9.69 Å². The number of thioether (sulfide) groups is 1. The lowest BCUT2D eigenvalue weighted by atomic mass is 10.3. The van der Waals surface area contributed by atoms with Crippen LogP contribution in [0.15, 0.2) is 84.6 Å². The van der Waals surface area contributed by atoms with E-state index in [1.165, 1.54) is 28.4 Å². The molecule has 0 saturated carbocycles. The van der Waals surface area contributed by atoms with E-state index in [9.17, 15) is 4.79 Å². The first-order valence-electron chi connectivity index (χ1n) is 7.79. The van der Waals surface area contributed by atoms with Crippen molar-refractivity contribution in [2.24, 2.45) is 0 Å². The third-order valence-corrected chi connectivity index (χ3v) is 5.91. The normalized spacial score (nSPS) is 16.0. The Morgan fingerprint density at radius 1 is 1.12 bits per heavy atom. The lowest BCUT2D eigenvalue weighted by Crippen LogP contribution is -2.27. The number of hydrogen-bond acceptors (Lipinski definition) is 6. The van der Waals surface area contributed by atoms with Crippen molar-refractivity contribution in [1.82, 2.24) is 4.90 Å². The largest absolute Gasteiger partial charge is 0.467 e. The Bertz CT molecular complexity index is 961. The van der Waals surface area contributed by atoms with Crippen molar-refractivity contribution >= 4 is 52.0 Å². The second-order valence-corrected chi connectivity index (χ2v) is 8.17. The molecular formula is C19H13NO3S3. The van der Waals surface area contributed by atoms with Crippen molar-refractivity contribution in [2.45, 2.75) is 16.5 Å². The quantitative estimate of drug-likeness (QED) is 0.421. The third kappa shape index (κ3) is 3.80. The molecule has 0 bridgehead atoms. The van der Waals surface area contributed by atoms with Crippen molar-refractivity contribution in [3.63, 3.8) is 0 Å². The molecule has 4 rings (SSSR count). The van der Waals surface area contributed by atoms with Crippen LogP contribution in [0.25, 0.3) is 6.08 Å². The molecule has 1 aliphatic heterocycles. The molecule has 130 valence electrons. The van der Waals surface area contributed by atoms with Gasteiger partial charge in [0.2, 0.25) is 0 Å². The smallest absolute Gasteiger partial charge is 0.266 e. The first kappa shape index (κ1) is 17.2. The van der Waals surface area contributed by atoms with Crippen LogP contribution >= 0.6 is 35.7 Å².